The Morgan fingerprint density at radius 2 is 0.923 bits per heavy atom. The molecule has 0 aromatic carbocycles. The highest BCUT2D eigenvalue weighted by atomic mass is 32.1. The molecule has 0 spiro atoms. The fourth-order valence-electron chi connectivity index (χ4n) is 1.38. The molecule has 0 aliphatic heterocycles. The van der Waals surface area contributed by atoms with E-state index in [0.29, 0.717) is 0 Å². The second-order valence-electron chi connectivity index (χ2n) is 3.47. The molecular weight excluding hydrogens is 175 g/mol. The highest BCUT2D eigenvalue weighted by Gasteiger charge is 1.88. The Hall–Kier alpha value is 0.415. The second kappa shape index (κ2) is 18.2. The topological polar surface area (TPSA) is 0 Å². The lowest BCUT2D eigenvalue weighted by atomic mass is 10.1. The van der Waals surface area contributed by atoms with Crippen molar-refractivity contribution in [3.8, 4) is 0 Å². The van der Waals surface area contributed by atoms with Gasteiger partial charge in [-0.05, 0) is 0 Å². The van der Waals surface area contributed by atoms with E-state index in [4.69, 9.17) is 0 Å². The Balaban J connectivity index is -0.00000000695. The van der Waals surface area contributed by atoms with E-state index in [1.807, 2.05) is 0 Å². The monoisotopic (exact) mass is 226 g/mol. The van der Waals surface area contributed by atoms with Crippen molar-refractivity contribution in [2.75, 3.05) is 0 Å². The molecule has 0 aromatic rings. The van der Waals surface area contributed by atoms with Crippen molar-refractivity contribution in [2.24, 2.45) is 0 Å². The number of hydrogen-bond acceptors (Lipinski definition) is 1. The highest BCUT2D eigenvalue weighted by molar-refractivity contribution is 8.03. The predicted octanol–water partition coefficient (Wildman–Crippen LogP) is 6.95. The van der Waals surface area contributed by atoms with Gasteiger partial charge in [0.2, 0.25) is 0 Å². The van der Waals surface area contributed by atoms with Crippen molar-refractivity contribution in [1.29, 1.82) is 0 Å². The number of unbranched alkanes of at least 4 members (excludes halogenated alkanes) is 8. The summed E-state index contributed by atoms with van der Waals surface area (Å²) in [6.07, 6.45) is 13.0. The van der Waals surface area contributed by atoms with Gasteiger partial charge in [-0.15, -0.1) is 0 Å². The molecule has 0 N–H and O–H groups in total. The largest absolute Gasteiger partial charge is 0.237 e. The van der Waals surface area contributed by atoms with Gasteiger partial charge in [0.1, 0.15) is 0 Å². The molecule has 104 valence electrons. The van der Waals surface area contributed by atoms with E-state index < -0.39 is 0 Å². The predicted molar refractivity (Wildman–Crippen MR) is 95.8 cm³/mol. The van der Waals surface area contributed by atoms with Crippen LogP contribution in [0, 0.1) is 0 Å². The van der Waals surface area contributed by atoms with Crippen LogP contribution in [-0.4, -0.2) is 7.12 Å². The van der Waals surface area contributed by atoms with Crippen LogP contribution in [0.25, 0.3) is 0 Å². The fourth-order valence-corrected chi connectivity index (χ4v) is 1.38. The zero-order valence-corrected chi connectivity index (χ0v) is 10.7. The number of rotatable bonds is 8. The van der Waals surface area contributed by atoms with Gasteiger partial charge in [-0.1, -0.05) is 71.6 Å². The van der Waals surface area contributed by atoms with E-state index >= 15 is 0 Å². The quantitative estimate of drug-likeness (QED) is 0.258. The minimum atomic E-state index is 0. The van der Waals surface area contributed by atoms with Crippen molar-refractivity contribution in [2.45, 2.75) is 71.6 Å². The van der Waals surface area contributed by atoms with Gasteiger partial charge in [-0.2, -0.15) is 0 Å². The first-order chi connectivity index (χ1) is 6.41. The van der Waals surface area contributed by atoms with E-state index in [9.17, 15) is 0 Å². The van der Waals surface area contributed by atoms with E-state index in [1.165, 1.54) is 57.8 Å². The van der Waals surface area contributed by atoms with Crippen LogP contribution in [-0.2, 0) is 0 Å². The van der Waals surface area contributed by atoms with Gasteiger partial charge in [0.05, 0.1) is 0 Å². The molecule has 0 saturated carbocycles. The Bertz CT molecular complexity index is 84.1. The Morgan fingerprint density at radius 1 is 0.692 bits per heavy atom. The van der Waals surface area contributed by atoms with Crippen LogP contribution in [0.4, 0.5) is 0 Å². The summed E-state index contributed by atoms with van der Waals surface area (Å²) in [4.78, 5) is 0. The highest BCUT2D eigenvalue weighted by Crippen LogP contribution is 2.08. The summed E-state index contributed by atoms with van der Waals surface area (Å²) in [6, 6.07) is 0. The van der Waals surface area contributed by atoms with Crippen molar-refractivity contribution in [3.63, 3.8) is 0 Å². The number of thiol groups is 1. The van der Waals surface area contributed by atoms with Crippen LogP contribution in [0.15, 0.2) is 0 Å². The molecule has 0 aliphatic carbocycles. The number of hydrogen-bond donors (Lipinski definition) is 1. The first-order valence-corrected chi connectivity index (χ1v) is 6.76. The molecule has 0 saturated heterocycles. The molecule has 0 nitrogen and oxygen atoms in total. The normalized spacial score (nSPS) is 9.15. The summed E-state index contributed by atoms with van der Waals surface area (Å²) in [5, 5.41) is 0. The molecule has 0 rings (SSSR count). The lowest BCUT2D eigenvalue weighted by molar-refractivity contribution is 0.572. The molecule has 0 heterocycles. The third kappa shape index (κ3) is 19.0. The van der Waals surface area contributed by atoms with Gasteiger partial charge >= 0.3 is 0 Å². The van der Waals surface area contributed by atoms with Crippen molar-refractivity contribution in [3.05, 3.63) is 0 Å². The average Bonchev–Trinajstić information content (AvgIpc) is 2.20. The van der Waals surface area contributed by atoms with Crippen LogP contribution < -0.4 is 0 Å². The Morgan fingerprint density at radius 3 is 1.15 bits per heavy atom. The molecule has 0 unspecified atom stereocenters. The van der Waals surface area contributed by atoms with Crippen LogP contribution in [0.2, 0.25) is 0 Å². The van der Waals surface area contributed by atoms with Gasteiger partial charge in [-0.25, -0.2) is 12.5 Å². The van der Waals surface area contributed by atoms with E-state index in [-0.39, 0.29) is 17.1 Å². The summed E-state index contributed by atoms with van der Waals surface area (Å²) >= 11 is 3.53. The summed E-state index contributed by atoms with van der Waals surface area (Å²) < 4.78 is 0. The smallest absolute Gasteiger partial charge is 0.169 e. The van der Waals surface area contributed by atoms with Gasteiger partial charge < -0.3 is 0 Å². The Labute approximate surface area is 109 Å². The average molecular weight is 226 g/mol. The van der Waals surface area contributed by atoms with Gasteiger partial charge in [-0.3, -0.25) is 0 Å². The summed E-state index contributed by atoms with van der Waals surface area (Å²) in [7, 11) is 1.69. The first-order valence-electron chi connectivity index (χ1n) is 5.86. The standard InChI is InChI=1S/C11H24.BH3S.12H2/c1-3-5-7-9-11-10-8-6-4-2;1-2;;;;;;;;;;;;/h3-11H2,1-2H3;2H,1H2;12*1H. The van der Waals surface area contributed by atoms with Gasteiger partial charge in [0.25, 0.3) is 0 Å². The molecule has 0 aromatic heterocycles. The third-order valence-electron chi connectivity index (χ3n) is 2.21. The molecule has 13 heavy (non-hydrogen) atoms. The van der Waals surface area contributed by atoms with E-state index in [1.54, 1.807) is 7.12 Å². The minimum absolute atomic E-state index is 0. The first kappa shape index (κ1) is 15.9. The van der Waals surface area contributed by atoms with Crippen molar-refractivity contribution in [1.82, 2.24) is 0 Å². The van der Waals surface area contributed by atoms with Gasteiger partial charge in [0, 0.05) is 17.1 Å². The zero-order chi connectivity index (χ0) is 10.4. The van der Waals surface area contributed by atoms with Crippen LogP contribution in [0.1, 0.15) is 88.8 Å². The molecule has 0 bridgehead atoms. The zero-order valence-electron chi connectivity index (χ0n) is 9.81. The van der Waals surface area contributed by atoms with E-state index in [0.717, 1.165) is 0 Å². The lowest BCUT2D eigenvalue weighted by Crippen LogP contribution is -1.79. The second-order valence-corrected chi connectivity index (χ2v) is 3.47. The molecular formula is C11H51BS. The van der Waals surface area contributed by atoms with Crippen LogP contribution >= 0.6 is 12.5 Å². The summed E-state index contributed by atoms with van der Waals surface area (Å²) in [5.74, 6) is 0. The summed E-state index contributed by atoms with van der Waals surface area (Å²) in [5.41, 5.74) is 0. The van der Waals surface area contributed by atoms with Crippen molar-refractivity contribution >= 4 is 19.6 Å². The Kier molecular flexibility index (Phi) is 22.3. The molecule has 0 fully saturated rings. The third-order valence-corrected chi connectivity index (χ3v) is 2.21. The molecule has 0 radical (unpaired) electrons. The SMILES string of the molecule is BS.CCCCCCCCCCC.[HH].[HH].[HH].[HH].[HH].[HH].[HH].[HH].[HH].[HH].[HH].[HH]. The minimum Gasteiger partial charge on any atom is -0.237 e. The van der Waals surface area contributed by atoms with Crippen LogP contribution in [0.3, 0.4) is 0 Å². The maximum absolute atomic E-state index is 3.53. The van der Waals surface area contributed by atoms with Crippen LogP contribution in [0.5, 0.6) is 0 Å². The molecule has 0 amide bonds. The molecule has 2 heteroatoms. The van der Waals surface area contributed by atoms with E-state index in [2.05, 4.69) is 26.3 Å². The fraction of sp³-hybridized carbons (Fsp3) is 1.00. The van der Waals surface area contributed by atoms with Gasteiger partial charge in [0.15, 0.2) is 7.12 Å². The molecule has 0 atom stereocenters. The lowest BCUT2D eigenvalue weighted by Gasteiger charge is -1.98. The maximum atomic E-state index is 3.53. The van der Waals surface area contributed by atoms with Crippen molar-refractivity contribution < 1.29 is 17.1 Å². The maximum Gasteiger partial charge on any atom is 0.169 e. The summed E-state index contributed by atoms with van der Waals surface area (Å²) in [6.45, 7) is 4.55. The molecule has 0 aliphatic rings.